The number of pyridine rings is 1. The normalized spacial score (nSPS) is 15.2. The second-order valence-corrected chi connectivity index (χ2v) is 6.76. The molecule has 1 aliphatic heterocycles. The van der Waals surface area contributed by atoms with Crippen LogP contribution in [0.3, 0.4) is 0 Å². The SMILES string of the molecule is C.CCCc1cccc(/C(=C/CN2CCCC2)c2ccc(C)cc2)n1. The summed E-state index contributed by atoms with van der Waals surface area (Å²) in [6.45, 7) is 7.81. The smallest absolute Gasteiger partial charge is 0.0708 e. The highest BCUT2D eigenvalue weighted by Gasteiger charge is 2.12. The minimum absolute atomic E-state index is 0. The molecule has 134 valence electrons. The van der Waals surface area contributed by atoms with Crippen LogP contribution in [-0.4, -0.2) is 29.5 Å². The molecule has 0 radical (unpaired) electrons. The predicted molar refractivity (Wildman–Crippen MR) is 109 cm³/mol. The first-order valence-corrected chi connectivity index (χ1v) is 9.22. The van der Waals surface area contributed by atoms with E-state index in [1.54, 1.807) is 0 Å². The molecule has 0 spiro atoms. The van der Waals surface area contributed by atoms with Gasteiger partial charge in [0, 0.05) is 17.8 Å². The number of rotatable bonds is 6. The summed E-state index contributed by atoms with van der Waals surface area (Å²) in [4.78, 5) is 7.45. The lowest BCUT2D eigenvalue weighted by Crippen LogP contribution is -2.19. The molecule has 1 aromatic carbocycles. The topological polar surface area (TPSA) is 16.1 Å². The number of benzene rings is 1. The van der Waals surface area contributed by atoms with Gasteiger partial charge in [-0.3, -0.25) is 9.88 Å². The summed E-state index contributed by atoms with van der Waals surface area (Å²) in [5.41, 5.74) is 6.12. The molecule has 0 aliphatic carbocycles. The van der Waals surface area contributed by atoms with Gasteiger partial charge in [0.1, 0.15) is 0 Å². The fraction of sp³-hybridized carbons (Fsp3) is 0.435. The predicted octanol–water partition coefficient (Wildman–Crippen LogP) is 5.51. The average Bonchev–Trinajstić information content (AvgIpc) is 3.11. The molecule has 1 aromatic heterocycles. The fourth-order valence-corrected chi connectivity index (χ4v) is 3.31. The van der Waals surface area contributed by atoms with Gasteiger partial charge in [-0.05, 0) is 57.0 Å². The summed E-state index contributed by atoms with van der Waals surface area (Å²) in [6, 6.07) is 15.3. The highest BCUT2D eigenvalue weighted by Crippen LogP contribution is 2.23. The van der Waals surface area contributed by atoms with Crippen LogP contribution in [0.25, 0.3) is 5.57 Å². The largest absolute Gasteiger partial charge is 0.300 e. The quantitative estimate of drug-likeness (QED) is 0.692. The number of likely N-dealkylation sites (tertiary alicyclic amines) is 1. The molecule has 0 saturated carbocycles. The second-order valence-electron chi connectivity index (χ2n) is 6.76. The summed E-state index contributed by atoms with van der Waals surface area (Å²) < 4.78 is 0. The highest BCUT2D eigenvalue weighted by molar-refractivity contribution is 5.78. The lowest BCUT2D eigenvalue weighted by molar-refractivity contribution is 0.377. The molecule has 2 heteroatoms. The Morgan fingerprint density at radius 1 is 1.08 bits per heavy atom. The number of aromatic nitrogens is 1. The Labute approximate surface area is 153 Å². The van der Waals surface area contributed by atoms with Crippen LogP contribution in [0.15, 0.2) is 48.5 Å². The van der Waals surface area contributed by atoms with Crippen LogP contribution in [0.1, 0.15) is 56.1 Å². The second kappa shape index (κ2) is 9.53. The van der Waals surface area contributed by atoms with Gasteiger partial charge in [-0.25, -0.2) is 0 Å². The van der Waals surface area contributed by atoms with E-state index in [-0.39, 0.29) is 7.43 Å². The van der Waals surface area contributed by atoms with Crippen molar-refractivity contribution < 1.29 is 0 Å². The molecule has 3 rings (SSSR count). The first-order valence-electron chi connectivity index (χ1n) is 9.22. The van der Waals surface area contributed by atoms with Gasteiger partial charge in [-0.1, -0.05) is 62.7 Å². The van der Waals surface area contributed by atoms with Crippen LogP contribution in [0, 0.1) is 6.92 Å². The van der Waals surface area contributed by atoms with Crippen LogP contribution in [0.5, 0.6) is 0 Å². The Balaban J connectivity index is 0.00000225. The number of hydrogen-bond donors (Lipinski definition) is 0. The number of hydrogen-bond acceptors (Lipinski definition) is 2. The summed E-state index contributed by atoms with van der Waals surface area (Å²) in [5.74, 6) is 0. The summed E-state index contributed by atoms with van der Waals surface area (Å²) in [5, 5.41) is 0. The molecule has 1 aliphatic rings. The van der Waals surface area contributed by atoms with E-state index in [0.29, 0.717) is 0 Å². The van der Waals surface area contributed by atoms with Crippen LogP contribution in [0.2, 0.25) is 0 Å². The van der Waals surface area contributed by atoms with Crippen LogP contribution in [-0.2, 0) is 6.42 Å². The molecule has 1 fully saturated rings. The molecule has 2 heterocycles. The van der Waals surface area contributed by atoms with E-state index in [1.165, 1.54) is 48.3 Å². The highest BCUT2D eigenvalue weighted by atomic mass is 15.1. The van der Waals surface area contributed by atoms with E-state index >= 15 is 0 Å². The molecule has 0 bridgehead atoms. The summed E-state index contributed by atoms with van der Waals surface area (Å²) in [7, 11) is 0. The van der Waals surface area contributed by atoms with E-state index in [4.69, 9.17) is 4.98 Å². The molecule has 2 nitrogen and oxygen atoms in total. The maximum atomic E-state index is 4.92. The van der Waals surface area contributed by atoms with Gasteiger partial charge in [0.05, 0.1) is 5.69 Å². The summed E-state index contributed by atoms with van der Waals surface area (Å²) in [6.07, 6.45) is 7.21. The third-order valence-corrected chi connectivity index (χ3v) is 4.70. The van der Waals surface area contributed by atoms with Gasteiger partial charge in [0.25, 0.3) is 0 Å². The van der Waals surface area contributed by atoms with Crippen molar-refractivity contribution in [2.45, 2.75) is 47.0 Å². The number of aryl methyl sites for hydroxylation is 2. The van der Waals surface area contributed by atoms with E-state index < -0.39 is 0 Å². The van der Waals surface area contributed by atoms with Gasteiger partial charge in [-0.2, -0.15) is 0 Å². The van der Waals surface area contributed by atoms with Crippen molar-refractivity contribution in [2.24, 2.45) is 0 Å². The minimum Gasteiger partial charge on any atom is -0.300 e. The first-order chi connectivity index (χ1) is 11.8. The lowest BCUT2D eigenvalue weighted by atomic mass is 10.00. The molecular formula is C23H32N2. The average molecular weight is 337 g/mol. The van der Waals surface area contributed by atoms with Crippen molar-refractivity contribution in [3.8, 4) is 0 Å². The zero-order valence-corrected chi connectivity index (χ0v) is 15.0. The Morgan fingerprint density at radius 3 is 2.48 bits per heavy atom. The van der Waals surface area contributed by atoms with E-state index in [0.717, 1.165) is 25.1 Å². The van der Waals surface area contributed by atoms with Gasteiger partial charge in [0.15, 0.2) is 0 Å². The third-order valence-electron chi connectivity index (χ3n) is 4.70. The number of nitrogens with zero attached hydrogens (tertiary/aromatic N) is 2. The molecule has 1 saturated heterocycles. The standard InChI is InChI=1S/C22H28N2.CH4/c1-3-7-20-8-6-9-22(23-20)21(14-17-24-15-4-5-16-24)19-12-10-18(2)11-13-19;/h6,8-14H,3-5,7,15-17H2,1-2H3;1H4/b21-14+;. The van der Waals surface area contributed by atoms with Crippen LogP contribution in [0.4, 0.5) is 0 Å². The zero-order chi connectivity index (χ0) is 16.8. The molecule has 2 aromatic rings. The van der Waals surface area contributed by atoms with Crippen molar-refractivity contribution in [3.63, 3.8) is 0 Å². The van der Waals surface area contributed by atoms with Crippen molar-refractivity contribution in [1.82, 2.24) is 9.88 Å². The Morgan fingerprint density at radius 2 is 1.80 bits per heavy atom. The van der Waals surface area contributed by atoms with Crippen molar-refractivity contribution in [2.75, 3.05) is 19.6 Å². The van der Waals surface area contributed by atoms with E-state index in [9.17, 15) is 0 Å². The Kier molecular flexibility index (Phi) is 7.39. The maximum Gasteiger partial charge on any atom is 0.0708 e. The van der Waals surface area contributed by atoms with Crippen molar-refractivity contribution in [3.05, 3.63) is 71.1 Å². The molecule has 0 N–H and O–H groups in total. The Hall–Kier alpha value is -1.93. The molecule has 0 unspecified atom stereocenters. The fourth-order valence-electron chi connectivity index (χ4n) is 3.31. The molecular weight excluding hydrogens is 304 g/mol. The van der Waals surface area contributed by atoms with Crippen LogP contribution >= 0.6 is 0 Å². The third kappa shape index (κ3) is 5.27. The van der Waals surface area contributed by atoms with Gasteiger partial charge in [-0.15, -0.1) is 0 Å². The summed E-state index contributed by atoms with van der Waals surface area (Å²) >= 11 is 0. The Bertz CT molecular complexity index is 679. The molecule has 0 atom stereocenters. The van der Waals surface area contributed by atoms with Gasteiger partial charge < -0.3 is 0 Å². The maximum absolute atomic E-state index is 4.92. The molecule has 25 heavy (non-hydrogen) atoms. The monoisotopic (exact) mass is 336 g/mol. The van der Waals surface area contributed by atoms with E-state index in [1.807, 2.05) is 0 Å². The lowest BCUT2D eigenvalue weighted by Gasteiger charge is -2.14. The van der Waals surface area contributed by atoms with Crippen LogP contribution < -0.4 is 0 Å². The van der Waals surface area contributed by atoms with Gasteiger partial charge >= 0.3 is 0 Å². The molecule has 0 amide bonds. The first kappa shape index (κ1) is 19.4. The van der Waals surface area contributed by atoms with E-state index in [2.05, 4.69) is 67.3 Å². The van der Waals surface area contributed by atoms with Crippen molar-refractivity contribution >= 4 is 5.57 Å². The van der Waals surface area contributed by atoms with Gasteiger partial charge in [0.2, 0.25) is 0 Å². The zero-order valence-electron chi connectivity index (χ0n) is 15.0. The minimum atomic E-state index is 0. The van der Waals surface area contributed by atoms with Crippen molar-refractivity contribution in [1.29, 1.82) is 0 Å².